The molecule has 2 N–H and O–H groups in total. The van der Waals surface area contributed by atoms with Crippen LogP contribution in [0.2, 0.25) is 0 Å². The van der Waals surface area contributed by atoms with E-state index in [1.54, 1.807) is 0 Å². The number of hydrogen-bond acceptors (Lipinski definition) is 7. The Balaban J connectivity index is 3.84. The lowest BCUT2D eigenvalue weighted by Crippen LogP contribution is -2.36. The normalized spacial score (nSPS) is 11.4. The van der Waals surface area contributed by atoms with E-state index in [-0.39, 0.29) is 18.5 Å². The molecule has 7 heteroatoms. The lowest BCUT2D eigenvalue weighted by atomic mass is 10.0. The molecule has 0 aliphatic carbocycles. The number of carbonyl (C=O) groups is 2. The molecule has 0 fully saturated rings. The monoisotopic (exact) mass is 669 g/mol. The highest BCUT2D eigenvalue weighted by molar-refractivity contribution is 5.70. The van der Waals surface area contributed by atoms with E-state index in [9.17, 15) is 9.59 Å². The van der Waals surface area contributed by atoms with Crippen LogP contribution in [0.5, 0.6) is 0 Å². The van der Waals surface area contributed by atoms with Gasteiger partial charge in [0.1, 0.15) is 0 Å². The highest BCUT2D eigenvalue weighted by Crippen LogP contribution is 2.14. The van der Waals surface area contributed by atoms with Gasteiger partial charge in [-0.2, -0.15) is 0 Å². The Morgan fingerprint density at radius 2 is 0.787 bits per heavy atom. The number of unbranched alkanes of at least 4 members (excludes halogenated alkanes) is 24. The third-order valence-corrected chi connectivity index (χ3v) is 9.18. The fourth-order valence-corrected chi connectivity index (χ4v) is 6.03. The topological polar surface area (TPSA) is 88.1 Å². The van der Waals surface area contributed by atoms with E-state index in [1.165, 1.54) is 141 Å². The van der Waals surface area contributed by atoms with Crippen molar-refractivity contribution in [2.75, 3.05) is 52.5 Å². The Kier molecular flexibility index (Phi) is 38.3. The summed E-state index contributed by atoms with van der Waals surface area (Å²) in [5.74, 6) is -0.329. The van der Waals surface area contributed by atoms with Crippen molar-refractivity contribution in [3.63, 3.8) is 0 Å². The summed E-state index contributed by atoms with van der Waals surface area (Å²) in [6.07, 6.45) is 34.5. The summed E-state index contributed by atoms with van der Waals surface area (Å²) < 4.78 is 11.0. The zero-order valence-corrected chi connectivity index (χ0v) is 31.5. The summed E-state index contributed by atoms with van der Waals surface area (Å²) >= 11 is 0. The molecular formula is C40H80N2O5. The zero-order valence-electron chi connectivity index (χ0n) is 31.5. The summed E-state index contributed by atoms with van der Waals surface area (Å²) in [5.41, 5.74) is 0. The number of ether oxygens (including phenoxy) is 2. The van der Waals surface area contributed by atoms with Crippen LogP contribution in [0.1, 0.15) is 194 Å². The molecule has 0 aromatic carbocycles. The summed E-state index contributed by atoms with van der Waals surface area (Å²) in [5, 5.41) is 12.2. The SMILES string of the molecule is CCCCCCCCCCCCCCCOC(=O)CCN(CCNCCO)CCC(=O)OCCCCCCCCCCCCCCC. The number of aliphatic hydroxyl groups excluding tert-OH is 1. The average Bonchev–Trinajstić information content (AvgIpc) is 3.07. The van der Waals surface area contributed by atoms with Gasteiger partial charge in [-0.25, -0.2) is 0 Å². The van der Waals surface area contributed by atoms with E-state index in [1.807, 2.05) is 0 Å². The van der Waals surface area contributed by atoms with Gasteiger partial charge in [0.15, 0.2) is 0 Å². The third kappa shape index (κ3) is 37.5. The van der Waals surface area contributed by atoms with Crippen LogP contribution < -0.4 is 5.32 Å². The molecule has 0 aliphatic heterocycles. The Hall–Kier alpha value is -1.18. The van der Waals surface area contributed by atoms with Gasteiger partial charge in [-0.15, -0.1) is 0 Å². The molecule has 0 rings (SSSR count). The van der Waals surface area contributed by atoms with Crippen LogP contribution in [0.4, 0.5) is 0 Å². The highest BCUT2D eigenvalue weighted by Gasteiger charge is 2.12. The van der Waals surface area contributed by atoms with E-state index in [2.05, 4.69) is 24.1 Å². The van der Waals surface area contributed by atoms with Gasteiger partial charge in [0.2, 0.25) is 0 Å². The molecule has 0 aromatic rings. The minimum Gasteiger partial charge on any atom is -0.466 e. The van der Waals surface area contributed by atoms with Crippen molar-refractivity contribution < 1.29 is 24.2 Å². The van der Waals surface area contributed by atoms with Crippen molar-refractivity contribution in [3.8, 4) is 0 Å². The predicted molar refractivity (Wildman–Crippen MR) is 199 cm³/mol. The van der Waals surface area contributed by atoms with Gasteiger partial charge in [-0.3, -0.25) is 9.59 Å². The molecule has 0 bridgehead atoms. The summed E-state index contributed by atoms with van der Waals surface area (Å²) in [6, 6.07) is 0. The van der Waals surface area contributed by atoms with Crippen molar-refractivity contribution in [2.24, 2.45) is 0 Å². The summed E-state index contributed by atoms with van der Waals surface area (Å²) in [4.78, 5) is 26.8. The molecule has 0 amide bonds. The number of hydrogen-bond donors (Lipinski definition) is 2. The number of rotatable bonds is 39. The van der Waals surface area contributed by atoms with Crippen LogP contribution >= 0.6 is 0 Å². The van der Waals surface area contributed by atoms with Crippen LogP contribution in [0, 0.1) is 0 Å². The lowest BCUT2D eigenvalue weighted by Gasteiger charge is -2.21. The lowest BCUT2D eigenvalue weighted by molar-refractivity contribution is -0.144. The van der Waals surface area contributed by atoms with Crippen molar-refractivity contribution in [3.05, 3.63) is 0 Å². The molecule has 0 heterocycles. The maximum Gasteiger partial charge on any atom is 0.307 e. The summed E-state index contributed by atoms with van der Waals surface area (Å²) in [7, 11) is 0. The predicted octanol–water partition coefficient (Wildman–Crippen LogP) is 9.92. The van der Waals surface area contributed by atoms with Gasteiger partial charge in [0, 0.05) is 32.7 Å². The van der Waals surface area contributed by atoms with Crippen molar-refractivity contribution in [1.82, 2.24) is 10.2 Å². The first-order valence-corrected chi connectivity index (χ1v) is 20.5. The van der Waals surface area contributed by atoms with E-state index in [0.717, 1.165) is 25.7 Å². The van der Waals surface area contributed by atoms with Gasteiger partial charge < -0.3 is 24.8 Å². The van der Waals surface area contributed by atoms with E-state index >= 15 is 0 Å². The number of aliphatic hydroxyl groups is 1. The molecule has 0 spiro atoms. The Morgan fingerprint density at radius 3 is 1.11 bits per heavy atom. The number of nitrogens with zero attached hydrogens (tertiary/aromatic N) is 1. The molecule has 7 nitrogen and oxygen atoms in total. The fraction of sp³-hybridized carbons (Fsp3) is 0.950. The second-order valence-corrected chi connectivity index (χ2v) is 13.7. The average molecular weight is 669 g/mol. The van der Waals surface area contributed by atoms with E-state index in [0.29, 0.717) is 58.8 Å². The molecule has 47 heavy (non-hydrogen) atoms. The molecule has 0 unspecified atom stereocenters. The van der Waals surface area contributed by atoms with Crippen molar-refractivity contribution in [1.29, 1.82) is 0 Å². The number of esters is 2. The quantitative estimate of drug-likeness (QED) is 0.0498. The first-order valence-electron chi connectivity index (χ1n) is 20.5. The van der Waals surface area contributed by atoms with Crippen LogP contribution in [0.25, 0.3) is 0 Å². The van der Waals surface area contributed by atoms with Gasteiger partial charge in [-0.1, -0.05) is 168 Å². The second-order valence-electron chi connectivity index (χ2n) is 13.7. The van der Waals surface area contributed by atoms with Gasteiger partial charge in [0.25, 0.3) is 0 Å². The Morgan fingerprint density at radius 1 is 0.468 bits per heavy atom. The molecular weight excluding hydrogens is 588 g/mol. The molecule has 0 radical (unpaired) electrons. The standard InChI is InChI=1S/C40H80N2O5/c1-3-5-7-9-11-13-15-17-19-21-23-25-27-37-46-39(44)29-33-42(35-31-41-32-36-43)34-30-40(45)47-38-28-26-24-22-20-18-16-14-12-10-8-6-4-2/h41,43H,3-38H2,1-2H3. The van der Waals surface area contributed by atoms with Crippen LogP contribution in [-0.2, 0) is 19.1 Å². The maximum atomic E-state index is 12.4. The Bertz CT molecular complexity index is 600. The van der Waals surface area contributed by atoms with Crippen molar-refractivity contribution >= 4 is 11.9 Å². The van der Waals surface area contributed by atoms with Crippen LogP contribution in [0.15, 0.2) is 0 Å². The minimum atomic E-state index is -0.165. The maximum absolute atomic E-state index is 12.4. The van der Waals surface area contributed by atoms with Crippen LogP contribution in [0.3, 0.4) is 0 Å². The Labute approximate surface area is 292 Å². The van der Waals surface area contributed by atoms with Gasteiger partial charge in [-0.05, 0) is 12.8 Å². The molecule has 0 aliphatic rings. The molecule has 0 saturated carbocycles. The molecule has 280 valence electrons. The van der Waals surface area contributed by atoms with E-state index in [4.69, 9.17) is 14.6 Å². The van der Waals surface area contributed by atoms with Gasteiger partial charge in [0.05, 0.1) is 32.7 Å². The van der Waals surface area contributed by atoms with E-state index < -0.39 is 0 Å². The van der Waals surface area contributed by atoms with Crippen molar-refractivity contribution in [2.45, 2.75) is 194 Å². The highest BCUT2D eigenvalue weighted by atomic mass is 16.5. The second kappa shape index (κ2) is 39.3. The van der Waals surface area contributed by atoms with Gasteiger partial charge >= 0.3 is 11.9 Å². The van der Waals surface area contributed by atoms with Crippen LogP contribution in [-0.4, -0.2) is 74.5 Å². The molecule has 0 aromatic heterocycles. The summed E-state index contributed by atoms with van der Waals surface area (Å²) in [6.45, 7) is 8.69. The molecule has 0 saturated heterocycles. The number of carbonyl (C=O) groups excluding carboxylic acids is 2. The largest absolute Gasteiger partial charge is 0.466 e. The first-order chi connectivity index (χ1) is 23.1. The number of nitrogens with one attached hydrogen (secondary N) is 1. The zero-order chi connectivity index (χ0) is 34.3. The fourth-order valence-electron chi connectivity index (χ4n) is 6.03. The first kappa shape index (κ1) is 45.8. The molecule has 0 atom stereocenters. The minimum absolute atomic E-state index is 0.0943. The smallest absolute Gasteiger partial charge is 0.307 e. The third-order valence-electron chi connectivity index (χ3n) is 9.18.